The number of amides is 1. The van der Waals surface area contributed by atoms with E-state index in [-0.39, 0.29) is 12.3 Å². The average molecular weight is 216 g/mol. The van der Waals surface area contributed by atoms with Crippen LogP contribution in [0.4, 0.5) is 0 Å². The molecule has 0 aromatic rings. The van der Waals surface area contributed by atoms with E-state index in [9.17, 15) is 9.59 Å². The van der Waals surface area contributed by atoms with Crippen LogP contribution in [0.1, 0.15) is 34.1 Å². The molecule has 0 aromatic heterocycles. The molecule has 1 amide bonds. The first-order valence-electron chi connectivity index (χ1n) is 4.94. The van der Waals surface area contributed by atoms with Crippen LogP contribution in [0.3, 0.4) is 0 Å². The Bertz CT molecular complexity index is 246. The molecule has 0 aromatic carbocycles. The SMILES string of the molecule is CC(NC(=O)CC(C)(C)N)C(C)C(=O)O. The summed E-state index contributed by atoms with van der Waals surface area (Å²) in [6.45, 7) is 6.72. The summed E-state index contributed by atoms with van der Waals surface area (Å²) >= 11 is 0. The number of carboxylic acids is 1. The molecule has 0 saturated carbocycles. The van der Waals surface area contributed by atoms with Crippen LogP contribution >= 0.6 is 0 Å². The van der Waals surface area contributed by atoms with E-state index in [2.05, 4.69) is 5.32 Å². The van der Waals surface area contributed by atoms with Crippen molar-refractivity contribution in [1.82, 2.24) is 5.32 Å². The van der Waals surface area contributed by atoms with Crippen molar-refractivity contribution in [1.29, 1.82) is 0 Å². The topological polar surface area (TPSA) is 92.4 Å². The van der Waals surface area contributed by atoms with Gasteiger partial charge in [0.25, 0.3) is 0 Å². The molecule has 88 valence electrons. The smallest absolute Gasteiger partial charge is 0.308 e. The minimum atomic E-state index is -0.921. The summed E-state index contributed by atoms with van der Waals surface area (Å²) in [5.74, 6) is -1.74. The lowest BCUT2D eigenvalue weighted by atomic mass is 10.00. The first kappa shape index (κ1) is 13.9. The summed E-state index contributed by atoms with van der Waals surface area (Å²) < 4.78 is 0. The fraction of sp³-hybridized carbons (Fsp3) is 0.800. The molecular weight excluding hydrogens is 196 g/mol. The van der Waals surface area contributed by atoms with Gasteiger partial charge in [-0.25, -0.2) is 0 Å². The van der Waals surface area contributed by atoms with Crippen LogP contribution in [0.2, 0.25) is 0 Å². The summed E-state index contributed by atoms with van der Waals surface area (Å²) in [6, 6.07) is -0.391. The minimum Gasteiger partial charge on any atom is -0.481 e. The van der Waals surface area contributed by atoms with Crippen molar-refractivity contribution in [3.05, 3.63) is 0 Å². The fourth-order valence-electron chi connectivity index (χ4n) is 1.06. The lowest BCUT2D eigenvalue weighted by Crippen LogP contribution is -2.44. The van der Waals surface area contributed by atoms with Gasteiger partial charge in [0.1, 0.15) is 0 Å². The summed E-state index contributed by atoms with van der Waals surface area (Å²) in [6.07, 6.45) is 0.184. The van der Waals surface area contributed by atoms with Crippen LogP contribution in [0.15, 0.2) is 0 Å². The van der Waals surface area contributed by atoms with Crippen LogP contribution in [0.5, 0.6) is 0 Å². The number of carbonyl (C=O) groups is 2. The number of carboxylic acid groups (broad SMARTS) is 1. The van der Waals surface area contributed by atoms with Gasteiger partial charge in [0.05, 0.1) is 5.92 Å². The first-order valence-corrected chi connectivity index (χ1v) is 4.94. The third-order valence-electron chi connectivity index (χ3n) is 2.14. The maximum atomic E-state index is 11.4. The van der Waals surface area contributed by atoms with E-state index >= 15 is 0 Å². The fourth-order valence-corrected chi connectivity index (χ4v) is 1.06. The van der Waals surface area contributed by atoms with Crippen molar-refractivity contribution in [2.45, 2.75) is 45.7 Å². The minimum absolute atomic E-state index is 0.184. The third-order valence-corrected chi connectivity index (χ3v) is 2.14. The highest BCUT2D eigenvalue weighted by molar-refractivity contribution is 5.78. The van der Waals surface area contributed by atoms with Gasteiger partial charge in [-0.3, -0.25) is 9.59 Å². The Kier molecular flexibility index (Phi) is 4.74. The third kappa shape index (κ3) is 6.06. The van der Waals surface area contributed by atoms with Crippen molar-refractivity contribution < 1.29 is 14.7 Å². The van der Waals surface area contributed by atoms with Crippen molar-refractivity contribution in [3.8, 4) is 0 Å². The number of aliphatic carboxylic acids is 1. The molecule has 4 N–H and O–H groups in total. The van der Waals surface area contributed by atoms with Gasteiger partial charge in [0.2, 0.25) is 5.91 Å². The van der Waals surface area contributed by atoms with Crippen LogP contribution in [0, 0.1) is 5.92 Å². The van der Waals surface area contributed by atoms with Gasteiger partial charge in [-0.1, -0.05) is 0 Å². The largest absolute Gasteiger partial charge is 0.481 e. The number of nitrogens with two attached hydrogens (primary N) is 1. The van der Waals surface area contributed by atoms with E-state index in [0.29, 0.717) is 0 Å². The molecule has 0 aliphatic rings. The molecule has 5 nitrogen and oxygen atoms in total. The number of carbonyl (C=O) groups excluding carboxylic acids is 1. The summed E-state index contributed by atoms with van der Waals surface area (Å²) in [7, 11) is 0. The van der Waals surface area contributed by atoms with Crippen LogP contribution in [-0.4, -0.2) is 28.6 Å². The Morgan fingerprint density at radius 2 is 1.87 bits per heavy atom. The van der Waals surface area contributed by atoms with Crippen molar-refractivity contribution in [2.24, 2.45) is 11.7 Å². The van der Waals surface area contributed by atoms with E-state index < -0.39 is 23.5 Å². The zero-order valence-corrected chi connectivity index (χ0v) is 9.70. The first-order chi connectivity index (χ1) is 6.63. The molecular formula is C10H20N2O3. The highest BCUT2D eigenvalue weighted by Gasteiger charge is 2.23. The molecule has 0 aliphatic heterocycles. The van der Waals surface area contributed by atoms with Gasteiger partial charge in [0, 0.05) is 18.0 Å². The second kappa shape index (κ2) is 5.11. The summed E-state index contributed by atoms with van der Waals surface area (Å²) in [4.78, 5) is 22.0. The van der Waals surface area contributed by atoms with E-state index in [1.165, 1.54) is 0 Å². The van der Waals surface area contributed by atoms with Crippen LogP contribution in [-0.2, 0) is 9.59 Å². The lowest BCUT2D eigenvalue weighted by Gasteiger charge is -2.22. The molecule has 0 spiro atoms. The Morgan fingerprint density at radius 3 is 2.20 bits per heavy atom. The quantitative estimate of drug-likeness (QED) is 0.618. The number of hydrogen-bond acceptors (Lipinski definition) is 3. The Morgan fingerprint density at radius 1 is 1.40 bits per heavy atom. The molecule has 2 atom stereocenters. The molecule has 0 aliphatic carbocycles. The van der Waals surface area contributed by atoms with Gasteiger partial charge in [-0.15, -0.1) is 0 Å². The molecule has 0 bridgehead atoms. The normalized spacial score (nSPS) is 15.5. The van der Waals surface area contributed by atoms with Gasteiger partial charge in [0.15, 0.2) is 0 Å². The number of nitrogens with one attached hydrogen (secondary N) is 1. The average Bonchev–Trinajstić information content (AvgIpc) is 1.98. The van der Waals surface area contributed by atoms with Crippen molar-refractivity contribution in [2.75, 3.05) is 0 Å². The van der Waals surface area contributed by atoms with Gasteiger partial charge >= 0.3 is 5.97 Å². The van der Waals surface area contributed by atoms with Gasteiger partial charge in [-0.05, 0) is 27.7 Å². The molecule has 0 saturated heterocycles. The second-order valence-electron chi connectivity index (χ2n) is 4.65. The number of rotatable bonds is 5. The van der Waals surface area contributed by atoms with E-state index in [1.54, 1.807) is 27.7 Å². The van der Waals surface area contributed by atoms with Gasteiger partial charge in [-0.2, -0.15) is 0 Å². The summed E-state index contributed by atoms with van der Waals surface area (Å²) in [5.41, 5.74) is 5.10. The van der Waals surface area contributed by atoms with Crippen LogP contribution in [0.25, 0.3) is 0 Å². The Balaban J connectivity index is 4.13. The van der Waals surface area contributed by atoms with Crippen molar-refractivity contribution in [3.63, 3.8) is 0 Å². The molecule has 0 radical (unpaired) electrons. The number of hydrogen-bond donors (Lipinski definition) is 3. The molecule has 5 heteroatoms. The summed E-state index contributed by atoms with van der Waals surface area (Å²) in [5, 5.41) is 11.3. The second-order valence-corrected chi connectivity index (χ2v) is 4.65. The highest BCUT2D eigenvalue weighted by Crippen LogP contribution is 2.06. The molecule has 0 fully saturated rings. The molecule has 0 heterocycles. The molecule has 2 unspecified atom stereocenters. The zero-order chi connectivity index (χ0) is 12.2. The Hall–Kier alpha value is -1.10. The molecule has 15 heavy (non-hydrogen) atoms. The predicted molar refractivity (Wildman–Crippen MR) is 57.3 cm³/mol. The monoisotopic (exact) mass is 216 g/mol. The lowest BCUT2D eigenvalue weighted by molar-refractivity contribution is -0.142. The Labute approximate surface area is 90.0 Å². The van der Waals surface area contributed by atoms with E-state index in [4.69, 9.17) is 10.8 Å². The van der Waals surface area contributed by atoms with E-state index in [1.807, 2.05) is 0 Å². The molecule has 0 rings (SSSR count). The maximum absolute atomic E-state index is 11.4. The predicted octanol–water partition coefficient (Wildman–Crippen LogP) is 0.339. The van der Waals surface area contributed by atoms with E-state index in [0.717, 1.165) is 0 Å². The highest BCUT2D eigenvalue weighted by atomic mass is 16.4. The zero-order valence-electron chi connectivity index (χ0n) is 9.70. The van der Waals surface area contributed by atoms with Crippen molar-refractivity contribution >= 4 is 11.9 Å². The van der Waals surface area contributed by atoms with Gasteiger partial charge < -0.3 is 16.2 Å². The maximum Gasteiger partial charge on any atom is 0.308 e. The van der Waals surface area contributed by atoms with Crippen LogP contribution < -0.4 is 11.1 Å². The standard InChI is InChI=1S/C10H20N2O3/c1-6(9(14)15)7(2)12-8(13)5-10(3,4)11/h6-7H,5,11H2,1-4H3,(H,12,13)(H,14,15).